The van der Waals surface area contributed by atoms with E-state index in [0.717, 1.165) is 4.90 Å². The van der Waals surface area contributed by atoms with Gasteiger partial charge in [0.2, 0.25) is 10.4 Å². The van der Waals surface area contributed by atoms with Gasteiger partial charge in [-0.1, -0.05) is 53.4 Å². The second-order valence-electron chi connectivity index (χ2n) is 14.4. The van der Waals surface area contributed by atoms with Gasteiger partial charge in [-0.15, -0.1) is 0 Å². The largest absolute Gasteiger partial charge is 0.724 e. The molecule has 4 amide bonds. The molecule has 14 nitrogen and oxygen atoms in total. The Bertz CT molecular complexity index is 1070. The number of likely N-dealkylation sites (tertiary alicyclic amines) is 1. The number of ether oxygens (including phenoxy) is 1. The first-order valence-corrected chi connectivity index (χ1v) is 19.5. The third-order valence-electron chi connectivity index (χ3n) is 9.16. The lowest BCUT2D eigenvalue weighted by Gasteiger charge is -2.39. The second kappa shape index (κ2) is 19.9. The zero-order chi connectivity index (χ0) is 36.0. The van der Waals surface area contributed by atoms with Crippen molar-refractivity contribution >= 4 is 28.4 Å². The summed E-state index contributed by atoms with van der Waals surface area (Å²) in [5, 5.41) is 0.517. The Balaban J connectivity index is 0.000000401. The molecule has 1 N–H and O–H groups in total. The summed E-state index contributed by atoms with van der Waals surface area (Å²) in [5.41, 5.74) is 1.78. The summed E-state index contributed by atoms with van der Waals surface area (Å²) in [6.07, 6.45) is 11.9. The second-order valence-corrected chi connectivity index (χ2v) is 15.4. The van der Waals surface area contributed by atoms with Crippen LogP contribution in [0, 0.1) is 0 Å². The molecule has 0 spiro atoms. The van der Waals surface area contributed by atoms with Gasteiger partial charge in [0.25, 0.3) is 5.91 Å². The molecule has 0 aromatic rings. The van der Waals surface area contributed by atoms with Crippen molar-refractivity contribution in [2.75, 3.05) is 45.8 Å². The Labute approximate surface area is 289 Å². The van der Waals surface area contributed by atoms with Gasteiger partial charge in [-0.3, -0.25) is 9.63 Å². The highest BCUT2D eigenvalue weighted by molar-refractivity contribution is 7.80. The van der Waals surface area contributed by atoms with E-state index < -0.39 is 46.1 Å². The number of carbonyl (C=O) groups excluding carboxylic acids is 3. The maximum absolute atomic E-state index is 12.5. The molecule has 3 rings (SSSR count). The number of quaternary nitrogens is 1. The molecule has 3 fully saturated rings. The first-order chi connectivity index (χ1) is 22.6. The fourth-order valence-electron chi connectivity index (χ4n) is 6.44. The van der Waals surface area contributed by atoms with E-state index in [1.54, 1.807) is 25.7 Å². The van der Waals surface area contributed by atoms with Crippen LogP contribution in [0.2, 0.25) is 0 Å². The number of hydroxylamine groups is 3. The first-order valence-electron chi connectivity index (χ1n) is 18.1. The highest BCUT2D eigenvalue weighted by Crippen LogP contribution is 2.31. The summed E-state index contributed by atoms with van der Waals surface area (Å²) in [5.74, 6) is -0.548. The number of fused-ring (bicyclic) bond motifs is 2. The molecular formula is C33H63N5O9S. The molecule has 0 aromatic heterocycles. The molecule has 280 valence electrons. The number of piperidine rings is 2. The highest BCUT2D eigenvalue weighted by atomic mass is 32.3. The average Bonchev–Trinajstić information content (AvgIpc) is 3.26. The van der Waals surface area contributed by atoms with Gasteiger partial charge in [0.05, 0.1) is 38.3 Å². The summed E-state index contributed by atoms with van der Waals surface area (Å²) < 4.78 is 43.5. The Morgan fingerprint density at radius 2 is 1.38 bits per heavy atom. The molecule has 0 unspecified atom stereocenters. The third-order valence-corrected chi connectivity index (χ3v) is 9.50. The van der Waals surface area contributed by atoms with Crippen molar-refractivity contribution in [1.29, 1.82) is 0 Å². The smallest absolute Gasteiger partial charge is 0.410 e. The lowest BCUT2D eigenvalue weighted by atomic mass is 10.0. The number of nitrogens with zero attached hydrogens (tertiary/aromatic N) is 4. The van der Waals surface area contributed by atoms with E-state index in [-0.39, 0.29) is 19.1 Å². The molecule has 3 saturated heterocycles. The van der Waals surface area contributed by atoms with Crippen LogP contribution in [-0.4, -0.2) is 120 Å². The quantitative estimate of drug-likeness (QED) is 0.0941. The van der Waals surface area contributed by atoms with Crippen molar-refractivity contribution in [1.82, 2.24) is 20.3 Å². The van der Waals surface area contributed by atoms with Gasteiger partial charge in [0, 0.05) is 19.6 Å². The number of unbranched alkanes of at least 4 members (excludes halogenated alkanes) is 4. The minimum atomic E-state index is -5.10. The normalized spacial score (nSPS) is 20.4. The van der Waals surface area contributed by atoms with Crippen LogP contribution in [-0.2, 0) is 29.1 Å². The summed E-state index contributed by atoms with van der Waals surface area (Å²) in [6, 6.07) is -2.33. The number of amides is 4. The molecule has 0 aliphatic carbocycles. The van der Waals surface area contributed by atoms with Crippen molar-refractivity contribution in [3.63, 3.8) is 0 Å². The number of hydrogen-bond acceptors (Lipinski definition) is 9. The summed E-state index contributed by atoms with van der Waals surface area (Å²) in [4.78, 5) is 45.2. The van der Waals surface area contributed by atoms with E-state index >= 15 is 0 Å². The van der Waals surface area contributed by atoms with Crippen LogP contribution in [0.4, 0.5) is 9.59 Å². The van der Waals surface area contributed by atoms with Crippen molar-refractivity contribution < 1.29 is 45.7 Å². The zero-order valence-electron chi connectivity index (χ0n) is 30.5. The maximum Gasteiger partial charge on any atom is 0.410 e. The minimum absolute atomic E-state index is 0.0702. The molecule has 0 radical (unpaired) electrons. The van der Waals surface area contributed by atoms with Crippen molar-refractivity contribution in [3.8, 4) is 0 Å². The zero-order valence-corrected chi connectivity index (χ0v) is 31.4. The monoisotopic (exact) mass is 705 g/mol. The number of rotatable bonds is 17. The van der Waals surface area contributed by atoms with Gasteiger partial charge >= 0.3 is 12.1 Å². The van der Waals surface area contributed by atoms with Crippen LogP contribution >= 0.6 is 0 Å². The Kier molecular flexibility index (Phi) is 17.4. The number of urea groups is 1. The molecular weight excluding hydrogens is 642 g/mol. The predicted molar refractivity (Wildman–Crippen MR) is 181 cm³/mol. The molecule has 3 aliphatic rings. The molecule has 3 heterocycles. The van der Waals surface area contributed by atoms with Crippen LogP contribution < -0.4 is 5.48 Å². The summed E-state index contributed by atoms with van der Waals surface area (Å²) >= 11 is 0. The van der Waals surface area contributed by atoms with Gasteiger partial charge in [-0.2, -0.15) is 9.35 Å². The lowest BCUT2D eigenvalue weighted by Crippen LogP contribution is -2.51. The molecule has 2 atom stereocenters. The van der Waals surface area contributed by atoms with Crippen molar-refractivity contribution in [3.05, 3.63) is 0 Å². The van der Waals surface area contributed by atoms with Gasteiger partial charge in [0.1, 0.15) is 11.6 Å². The topological polar surface area (TPSA) is 158 Å². The maximum atomic E-state index is 12.5. The molecule has 15 heteroatoms. The minimum Gasteiger partial charge on any atom is -0.724 e. The first kappa shape index (κ1) is 42.0. The van der Waals surface area contributed by atoms with Crippen LogP contribution in [0.5, 0.6) is 0 Å². The van der Waals surface area contributed by atoms with Crippen LogP contribution in [0.3, 0.4) is 0 Å². The Hall–Kier alpha value is -2.20. The highest BCUT2D eigenvalue weighted by Gasteiger charge is 2.49. The lowest BCUT2D eigenvalue weighted by molar-refractivity contribution is -0.929. The molecule has 0 aromatic carbocycles. The molecule has 3 aliphatic heterocycles. The van der Waals surface area contributed by atoms with Crippen LogP contribution in [0.15, 0.2) is 0 Å². The van der Waals surface area contributed by atoms with Gasteiger partial charge in [-0.05, 0) is 72.1 Å². The number of carbonyl (C=O) groups is 3. The van der Waals surface area contributed by atoms with E-state index in [4.69, 9.17) is 9.57 Å². The van der Waals surface area contributed by atoms with Crippen molar-refractivity contribution in [2.45, 2.75) is 149 Å². The summed E-state index contributed by atoms with van der Waals surface area (Å²) in [6.45, 7) is 21.3. The molecule has 2 bridgehead atoms. The predicted octanol–water partition coefficient (Wildman–Crippen LogP) is 5.10. The van der Waals surface area contributed by atoms with Crippen molar-refractivity contribution in [2.24, 2.45) is 0 Å². The third kappa shape index (κ3) is 14.0. The Morgan fingerprint density at radius 1 is 0.875 bits per heavy atom. The van der Waals surface area contributed by atoms with E-state index in [2.05, 4.69) is 37.5 Å². The van der Waals surface area contributed by atoms with E-state index in [0.29, 0.717) is 37.4 Å². The van der Waals surface area contributed by atoms with E-state index in [1.165, 1.54) is 82.0 Å². The van der Waals surface area contributed by atoms with Gasteiger partial charge in [0.15, 0.2) is 0 Å². The average molecular weight is 706 g/mol. The van der Waals surface area contributed by atoms with E-state index in [1.807, 2.05) is 0 Å². The fourth-order valence-corrected chi connectivity index (χ4v) is 6.82. The van der Waals surface area contributed by atoms with E-state index in [9.17, 15) is 27.4 Å². The van der Waals surface area contributed by atoms with Gasteiger partial charge < -0.3 is 23.6 Å². The number of nitrogens with one attached hydrogen (secondary N) is 1. The fraction of sp³-hybridized carbons (Fsp3) is 0.909. The summed E-state index contributed by atoms with van der Waals surface area (Å²) in [7, 11) is -5.10. The molecule has 0 saturated carbocycles. The van der Waals surface area contributed by atoms with Crippen LogP contribution in [0.1, 0.15) is 126 Å². The molecule has 48 heavy (non-hydrogen) atoms. The Morgan fingerprint density at radius 3 is 1.81 bits per heavy atom. The standard InChI is InChI=1S/C17H28N4O9S.C16H36N/c1-17(2,3)28-16(24)19-8-6-12(7-9-19)29-18-14(22)13-5-4-11-10-20(13)15(23)21(11)30-31(25,26)27;1-5-9-13-17(14-10-6-2,15-11-7-3)16-12-8-4/h11-13H,4-10H2,1-3H3,(H,18,22)(H,25,26,27);5-16H2,1-4H3/q;+1/p-1/t11-,13+;/m1./s1. The number of hydrogen-bond donors (Lipinski definition) is 1. The van der Waals surface area contributed by atoms with Crippen LogP contribution in [0.25, 0.3) is 0 Å². The van der Waals surface area contributed by atoms with Gasteiger partial charge in [-0.25, -0.2) is 23.5 Å². The SMILES string of the molecule is CC(C)(C)OC(=O)N1CCC(ONC(=O)[C@@H]2CC[C@@H]3CN2C(=O)N3OS(=O)(=O)[O-])CC1.CCCC[N+](CCCC)(CCCC)CCCC.